The lowest BCUT2D eigenvalue weighted by molar-refractivity contribution is 0.412. The summed E-state index contributed by atoms with van der Waals surface area (Å²) in [6.07, 6.45) is 6.41. The predicted molar refractivity (Wildman–Crippen MR) is 76.7 cm³/mol. The number of hydrogen-bond acceptors (Lipinski definition) is 2. The Morgan fingerprint density at radius 3 is 2.78 bits per heavy atom. The van der Waals surface area contributed by atoms with Crippen molar-refractivity contribution in [2.45, 2.75) is 44.1 Å². The fourth-order valence-corrected chi connectivity index (χ4v) is 3.05. The van der Waals surface area contributed by atoms with Crippen molar-refractivity contribution in [3.8, 4) is 5.75 Å². The maximum atomic E-state index is 6.09. The molecule has 2 rings (SSSR count). The summed E-state index contributed by atoms with van der Waals surface area (Å²) in [5.74, 6) is 1.41. The molecule has 0 radical (unpaired) electrons. The second-order valence-corrected chi connectivity index (χ2v) is 5.50. The molecule has 0 bridgehead atoms. The number of rotatable bonds is 3. The van der Waals surface area contributed by atoms with Crippen LogP contribution in [0.5, 0.6) is 5.75 Å². The Morgan fingerprint density at radius 1 is 1.28 bits per heavy atom. The Kier molecular flexibility index (Phi) is 4.90. The molecule has 2 unspecified atom stereocenters. The first-order valence-electron chi connectivity index (χ1n) is 6.75. The van der Waals surface area contributed by atoms with Crippen molar-refractivity contribution in [1.82, 2.24) is 5.32 Å². The second-order valence-electron chi connectivity index (χ2n) is 5.10. The van der Waals surface area contributed by atoms with Crippen LogP contribution in [-0.4, -0.2) is 20.2 Å². The highest BCUT2D eigenvalue weighted by Gasteiger charge is 2.21. The largest absolute Gasteiger partial charge is 0.495 e. The third kappa shape index (κ3) is 3.18. The maximum Gasteiger partial charge on any atom is 0.137 e. The van der Waals surface area contributed by atoms with E-state index in [0.29, 0.717) is 17.0 Å². The number of hydrogen-bond donors (Lipinski definition) is 1. The second kappa shape index (κ2) is 6.44. The topological polar surface area (TPSA) is 21.3 Å². The molecule has 3 heteroatoms. The number of benzene rings is 1. The lowest BCUT2D eigenvalue weighted by Crippen LogP contribution is -2.25. The molecule has 0 spiro atoms. The van der Waals surface area contributed by atoms with Gasteiger partial charge in [0.2, 0.25) is 0 Å². The van der Waals surface area contributed by atoms with Crippen LogP contribution in [0.15, 0.2) is 18.2 Å². The van der Waals surface area contributed by atoms with Gasteiger partial charge < -0.3 is 10.1 Å². The zero-order chi connectivity index (χ0) is 13.0. The van der Waals surface area contributed by atoms with Gasteiger partial charge in [-0.3, -0.25) is 0 Å². The summed E-state index contributed by atoms with van der Waals surface area (Å²) in [4.78, 5) is 0. The maximum absolute atomic E-state index is 6.09. The first kappa shape index (κ1) is 13.7. The van der Waals surface area contributed by atoms with Gasteiger partial charge >= 0.3 is 0 Å². The first-order chi connectivity index (χ1) is 8.74. The van der Waals surface area contributed by atoms with Crippen LogP contribution in [0.2, 0.25) is 5.02 Å². The fourth-order valence-electron chi connectivity index (χ4n) is 2.86. The Hall–Kier alpha value is -0.730. The van der Waals surface area contributed by atoms with Gasteiger partial charge in [0.05, 0.1) is 12.1 Å². The van der Waals surface area contributed by atoms with E-state index >= 15 is 0 Å². The van der Waals surface area contributed by atoms with E-state index < -0.39 is 0 Å². The van der Waals surface area contributed by atoms with Gasteiger partial charge in [0.1, 0.15) is 5.75 Å². The quantitative estimate of drug-likeness (QED) is 0.837. The molecule has 100 valence electrons. The van der Waals surface area contributed by atoms with Crippen LogP contribution >= 0.6 is 11.6 Å². The molecule has 1 aliphatic carbocycles. The van der Waals surface area contributed by atoms with Gasteiger partial charge in [-0.05, 0) is 49.9 Å². The van der Waals surface area contributed by atoms with E-state index in [1.807, 2.05) is 6.07 Å². The van der Waals surface area contributed by atoms with Crippen LogP contribution in [0.25, 0.3) is 0 Å². The van der Waals surface area contributed by atoms with Gasteiger partial charge in [-0.15, -0.1) is 0 Å². The van der Waals surface area contributed by atoms with Crippen molar-refractivity contribution in [1.29, 1.82) is 0 Å². The molecule has 0 amide bonds. The third-order valence-electron chi connectivity index (χ3n) is 3.98. The number of halogens is 1. The summed E-state index contributed by atoms with van der Waals surface area (Å²) in [5, 5.41) is 4.12. The minimum absolute atomic E-state index is 0.621. The van der Waals surface area contributed by atoms with Gasteiger partial charge in [0.15, 0.2) is 0 Å². The average Bonchev–Trinajstić information content (AvgIpc) is 2.64. The van der Waals surface area contributed by atoms with Crippen molar-refractivity contribution in [3.05, 3.63) is 28.8 Å². The average molecular weight is 268 g/mol. The molecule has 0 aliphatic heterocycles. The molecule has 1 N–H and O–H groups in total. The Balaban J connectivity index is 2.18. The van der Waals surface area contributed by atoms with Crippen LogP contribution in [0.3, 0.4) is 0 Å². The summed E-state index contributed by atoms with van der Waals surface area (Å²) in [6, 6.07) is 6.84. The van der Waals surface area contributed by atoms with E-state index in [4.69, 9.17) is 16.3 Å². The van der Waals surface area contributed by atoms with Crippen LogP contribution in [0.1, 0.15) is 43.6 Å². The van der Waals surface area contributed by atoms with Crippen LogP contribution in [0.4, 0.5) is 0 Å². The van der Waals surface area contributed by atoms with Gasteiger partial charge in [-0.1, -0.05) is 30.5 Å². The minimum Gasteiger partial charge on any atom is -0.495 e. The zero-order valence-corrected chi connectivity index (χ0v) is 12.0. The summed E-state index contributed by atoms with van der Waals surface area (Å²) in [5.41, 5.74) is 1.36. The lowest BCUT2D eigenvalue weighted by atomic mass is 9.90. The molecule has 2 atom stereocenters. The van der Waals surface area contributed by atoms with E-state index in [9.17, 15) is 0 Å². The normalized spacial score (nSPS) is 24.6. The molecule has 0 heterocycles. The first-order valence-corrected chi connectivity index (χ1v) is 7.13. The summed E-state index contributed by atoms with van der Waals surface area (Å²) >= 11 is 6.09. The molecule has 2 nitrogen and oxygen atoms in total. The highest BCUT2D eigenvalue weighted by Crippen LogP contribution is 2.35. The van der Waals surface area contributed by atoms with Crippen molar-refractivity contribution in [2.75, 3.05) is 14.2 Å². The molecule has 1 aliphatic rings. The number of methoxy groups -OCH3 is 1. The van der Waals surface area contributed by atoms with Crippen molar-refractivity contribution in [3.63, 3.8) is 0 Å². The molecule has 18 heavy (non-hydrogen) atoms. The zero-order valence-electron chi connectivity index (χ0n) is 11.2. The fraction of sp³-hybridized carbons (Fsp3) is 0.600. The highest BCUT2D eigenvalue weighted by molar-refractivity contribution is 6.32. The smallest absolute Gasteiger partial charge is 0.137 e. The molecule has 1 fully saturated rings. The SMILES string of the molecule is CNC1CCCCC(c2ccc(Cl)c(OC)c2)C1. The van der Waals surface area contributed by atoms with Crippen LogP contribution in [0, 0.1) is 0 Å². The number of nitrogens with one attached hydrogen (secondary N) is 1. The van der Waals surface area contributed by atoms with Crippen molar-refractivity contribution in [2.24, 2.45) is 0 Å². The van der Waals surface area contributed by atoms with Crippen molar-refractivity contribution >= 4 is 11.6 Å². The van der Waals surface area contributed by atoms with E-state index in [1.165, 1.54) is 37.7 Å². The van der Waals surface area contributed by atoms with Gasteiger partial charge in [-0.2, -0.15) is 0 Å². The Morgan fingerprint density at radius 2 is 2.06 bits per heavy atom. The molecular formula is C15H22ClNO. The van der Waals surface area contributed by atoms with E-state index in [2.05, 4.69) is 24.5 Å². The molecule has 1 aromatic carbocycles. The summed E-state index contributed by atoms with van der Waals surface area (Å²) < 4.78 is 5.31. The third-order valence-corrected chi connectivity index (χ3v) is 4.29. The number of ether oxygens (including phenoxy) is 1. The Labute approximate surface area is 115 Å². The van der Waals surface area contributed by atoms with Crippen molar-refractivity contribution < 1.29 is 4.74 Å². The molecule has 0 aromatic heterocycles. The van der Waals surface area contributed by atoms with Crippen LogP contribution < -0.4 is 10.1 Å². The molecular weight excluding hydrogens is 246 g/mol. The van der Waals surface area contributed by atoms with Gasteiger partial charge in [0.25, 0.3) is 0 Å². The van der Waals surface area contributed by atoms with Gasteiger partial charge in [0, 0.05) is 6.04 Å². The monoisotopic (exact) mass is 267 g/mol. The van der Waals surface area contributed by atoms with Gasteiger partial charge in [-0.25, -0.2) is 0 Å². The van der Waals surface area contributed by atoms with E-state index in [-0.39, 0.29) is 0 Å². The Bertz CT molecular complexity index is 394. The predicted octanol–water partition coefficient (Wildman–Crippen LogP) is 3.98. The summed E-state index contributed by atoms with van der Waals surface area (Å²) in [6.45, 7) is 0. The lowest BCUT2D eigenvalue weighted by Gasteiger charge is -2.20. The molecule has 1 aromatic rings. The standard InChI is InChI=1S/C15H22ClNO/c1-17-13-6-4-3-5-11(9-13)12-7-8-14(16)15(10-12)18-2/h7-8,10-11,13,17H,3-6,9H2,1-2H3. The highest BCUT2D eigenvalue weighted by atomic mass is 35.5. The van der Waals surface area contributed by atoms with E-state index in [1.54, 1.807) is 7.11 Å². The van der Waals surface area contributed by atoms with E-state index in [0.717, 1.165) is 5.75 Å². The minimum atomic E-state index is 0.621. The molecule has 1 saturated carbocycles. The summed E-state index contributed by atoms with van der Waals surface area (Å²) in [7, 11) is 3.74. The van der Waals surface area contributed by atoms with Crippen LogP contribution in [-0.2, 0) is 0 Å². The molecule has 0 saturated heterocycles.